The van der Waals surface area contributed by atoms with Crippen LogP contribution in [0.2, 0.25) is 0 Å². The van der Waals surface area contributed by atoms with Crippen LogP contribution >= 0.6 is 0 Å². The lowest BCUT2D eigenvalue weighted by molar-refractivity contribution is 1.27. The van der Waals surface area contributed by atoms with Gasteiger partial charge in [0.15, 0.2) is 0 Å². The summed E-state index contributed by atoms with van der Waals surface area (Å²) >= 11 is 0. The third-order valence-electron chi connectivity index (χ3n) is 5.12. The summed E-state index contributed by atoms with van der Waals surface area (Å²) in [7, 11) is 0. The summed E-state index contributed by atoms with van der Waals surface area (Å²) in [6.07, 6.45) is 7.40. The Morgan fingerprint density at radius 2 is 0.500 bits per heavy atom. The molecule has 4 nitrogen and oxygen atoms in total. The van der Waals surface area contributed by atoms with E-state index in [1.807, 2.05) is 122 Å². The third-order valence-corrected chi connectivity index (χ3v) is 5.12. The van der Waals surface area contributed by atoms with Crippen molar-refractivity contribution in [1.82, 2.24) is 0 Å². The highest BCUT2D eigenvalue weighted by Gasteiger charge is 1.90. The highest BCUT2D eigenvalue weighted by molar-refractivity contribution is 5.31. The molecule has 0 bridgehead atoms. The Hall–Kier alpha value is -4.44. The van der Waals surface area contributed by atoms with E-state index in [0.29, 0.717) is 0 Å². The second kappa shape index (κ2) is 9.14. The summed E-state index contributed by atoms with van der Waals surface area (Å²) in [4.78, 5) is 19.0. The van der Waals surface area contributed by atoms with E-state index >= 15 is 0 Å². The van der Waals surface area contributed by atoms with Gasteiger partial charge in [-0.25, -0.2) is 0 Å². The highest BCUT2D eigenvalue weighted by atomic mass is 14.7. The Labute approximate surface area is 184 Å². The van der Waals surface area contributed by atoms with E-state index in [1.54, 1.807) is 0 Å². The summed E-state index contributed by atoms with van der Waals surface area (Å²) < 4.78 is 0. The predicted octanol–water partition coefficient (Wildman–Crippen LogP) is 0.231. The molecule has 5 rings (SSSR count). The molecule has 32 heavy (non-hydrogen) atoms. The quantitative estimate of drug-likeness (QED) is 0.397. The molecule has 1 aliphatic heterocycles. The Kier molecular flexibility index (Phi) is 5.58. The van der Waals surface area contributed by atoms with Gasteiger partial charge in [0.1, 0.15) is 0 Å². The van der Waals surface area contributed by atoms with E-state index in [0.717, 1.165) is 42.3 Å². The zero-order valence-corrected chi connectivity index (χ0v) is 17.3. The topological polar surface area (TPSA) is 49.4 Å². The molecule has 0 aliphatic carbocycles. The zero-order chi connectivity index (χ0) is 21.6. The van der Waals surface area contributed by atoms with Gasteiger partial charge in [-0.3, -0.25) is 20.0 Å². The number of nitrogens with zero attached hydrogens (tertiary/aromatic N) is 4. The van der Waals surface area contributed by atoms with Crippen LogP contribution in [0.3, 0.4) is 0 Å². The molecular formula is C28H20N4. The number of para-hydroxylation sites is 4. The van der Waals surface area contributed by atoms with Crippen LogP contribution in [0.1, 0.15) is 0 Å². The van der Waals surface area contributed by atoms with Crippen LogP contribution in [0.4, 0.5) is 0 Å². The van der Waals surface area contributed by atoms with Gasteiger partial charge in [-0.1, -0.05) is 72.8 Å². The molecule has 0 amide bonds. The number of hydrogen-bond donors (Lipinski definition) is 0. The van der Waals surface area contributed by atoms with Crippen LogP contribution in [0.15, 0.2) is 117 Å². The van der Waals surface area contributed by atoms with Gasteiger partial charge in [-0.2, -0.15) is 0 Å². The average molecular weight is 412 g/mol. The van der Waals surface area contributed by atoms with Gasteiger partial charge < -0.3 is 0 Å². The smallest absolute Gasteiger partial charge is 0.0717 e. The first kappa shape index (κ1) is 19.5. The van der Waals surface area contributed by atoms with Gasteiger partial charge in [0, 0.05) is 45.7 Å². The lowest BCUT2D eigenvalue weighted by Gasteiger charge is -1.92. The van der Waals surface area contributed by atoms with Gasteiger partial charge in [-0.05, 0) is 24.3 Å². The first-order valence-corrected chi connectivity index (χ1v) is 10.4. The van der Waals surface area contributed by atoms with E-state index in [9.17, 15) is 0 Å². The van der Waals surface area contributed by atoms with Crippen LogP contribution in [0.25, 0.3) is 24.8 Å². The molecule has 152 valence electrons. The second-order valence-electron chi connectivity index (χ2n) is 7.27. The maximum absolute atomic E-state index is 4.74. The molecule has 1 aliphatic rings. The van der Waals surface area contributed by atoms with Crippen LogP contribution < -0.4 is 42.3 Å². The van der Waals surface area contributed by atoms with Crippen molar-refractivity contribution in [3.63, 3.8) is 0 Å². The highest BCUT2D eigenvalue weighted by Crippen LogP contribution is 1.80. The molecule has 1 heterocycles. The van der Waals surface area contributed by atoms with Gasteiger partial charge in [0.05, 0.1) is 21.4 Å². The molecule has 0 spiro atoms. The fourth-order valence-corrected chi connectivity index (χ4v) is 3.41. The summed E-state index contributed by atoms with van der Waals surface area (Å²) in [6.45, 7) is 0. The number of benzene rings is 4. The van der Waals surface area contributed by atoms with Crippen molar-refractivity contribution in [3.8, 4) is 0 Å². The molecular weight excluding hydrogens is 392 g/mol. The first-order chi connectivity index (χ1) is 15.9. The summed E-state index contributed by atoms with van der Waals surface area (Å²) in [5.74, 6) is 0. The normalized spacial score (nSPS) is 21.0. The molecule has 4 aromatic carbocycles. The van der Waals surface area contributed by atoms with Crippen molar-refractivity contribution in [3.05, 3.63) is 139 Å². The Morgan fingerprint density at radius 1 is 0.281 bits per heavy atom. The zero-order valence-electron chi connectivity index (χ0n) is 17.3. The maximum Gasteiger partial charge on any atom is 0.0717 e. The van der Waals surface area contributed by atoms with E-state index in [2.05, 4.69) is 0 Å². The first-order valence-electron chi connectivity index (χ1n) is 10.4. The molecule has 0 N–H and O–H groups in total. The SMILES string of the molecule is C1=c2/cccc/c2=N/C=c2/cccc/c2=N/C=c2/cccc/c2=N/C=c2/cccc/c2=N/1. The minimum Gasteiger partial charge on any atom is -0.256 e. The van der Waals surface area contributed by atoms with Crippen LogP contribution in [-0.2, 0) is 0 Å². The van der Waals surface area contributed by atoms with Crippen LogP contribution in [0, 0.1) is 0 Å². The molecule has 4 aromatic rings. The maximum atomic E-state index is 4.74. The van der Waals surface area contributed by atoms with E-state index < -0.39 is 0 Å². The van der Waals surface area contributed by atoms with Crippen molar-refractivity contribution in [1.29, 1.82) is 0 Å². The number of hydrogen-bond acceptors (Lipinski definition) is 4. The minimum absolute atomic E-state index is 0.846. The van der Waals surface area contributed by atoms with Gasteiger partial charge in [0.25, 0.3) is 0 Å². The molecule has 0 aromatic heterocycles. The Balaban J connectivity index is 1.94. The van der Waals surface area contributed by atoms with Crippen molar-refractivity contribution in [2.24, 2.45) is 20.0 Å². The van der Waals surface area contributed by atoms with E-state index in [4.69, 9.17) is 20.0 Å². The lowest BCUT2D eigenvalue weighted by atomic mass is 10.2. The third kappa shape index (κ3) is 4.35. The fraction of sp³-hybridized carbons (Fsp3) is 0. The van der Waals surface area contributed by atoms with Crippen molar-refractivity contribution >= 4 is 24.8 Å². The summed E-state index contributed by atoms with van der Waals surface area (Å²) in [5.41, 5.74) is 0. The summed E-state index contributed by atoms with van der Waals surface area (Å²) in [6, 6.07) is 31.8. The molecule has 0 atom stereocenters. The van der Waals surface area contributed by atoms with Gasteiger partial charge in [0.2, 0.25) is 0 Å². The van der Waals surface area contributed by atoms with Crippen molar-refractivity contribution < 1.29 is 0 Å². The van der Waals surface area contributed by atoms with Crippen molar-refractivity contribution in [2.45, 2.75) is 0 Å². The van der Waals surface area contributed by atoms with Crippen LogP contribution in [0.5, 0.6) is 0 Å². The van der Waals surface area contributed by atoms with E-state index in [-0.39, 0.29) is 0 Å². The monoisotopic (exact) mass is 412 g/mol. The van der Waals surface area contributed by atoms with Crippen molar-refractivity contribution in [2.75, 3.05) is 0 Å². The second-order valence-corrected chi connectivity index (χ2v) is 7.27. The number of fused-ring (bicyclic) bond motifs is 4. The van der Waals surface area contributed by atoms with E-state index in [1.165, 1.54) is 0 Å². The van der Waals surface area contributed by atoms with Crippen LogP contribution in [-0.4, -0.2) is 0 Å². The van der Waals surface area contributed by atoms with Gasteiger partial charge in [-0.15, -0.1) is 0 Å². The fourth-order valence-electron chi connectivity index (χ4n) is 3.41. The summed E-state index contributed by atoms with van der Waals surface area (Å²) in [5, 5.41) is 7.14. The molecule has 0 unspecified atom stereocenters. The van der Waals surface area contributed by atoms with Gasteiger partial charge >= 0.3 is 0 Å². The lowest BCUT2D eigenvalue weighted by Crippen LogP contribution is -2.29. The Morgan fingerprint density at radius 3 is 0.750 bits per heavy atom. The largest absolute Gasteiger partial charge is 0.256 e. The Bertz CT molecular complexity index is 1380. The minimum atomic E-state index is 0.846. The molecule has 0 fully saturated rings. The average Bonchev–Trinajstić information content (AvgIpc) is 2.85. The molecule has 0 saturated heterocycles. The predicted molar refractivity (Wildman–Crippen MR) is 127 cm³/mol. The number of rotatable bonds is 0. The standard InChI is InChI=1S/C28H20N4/c1-5-13-25-21(9-1)17-29-26-14-6-2-11-23(26)19-31-28-16-8-4-12-24(28)20-32-27-15-7-3-10-22(27)18-30-25/h1-20H/b21-17-,22-18-,23-19-,24-20-,29-17?,29-26-,30-18?,30-25-,31-19?,31-28-,32-20?,32-27-. The molecule has 0 saturated carbocycles. The molecule has 4 heteroatoms. The molecule has 0 radical (unpaired) electrons.